The molecule has 1 aromatic rings. The summed E-state index contributed by atoms with van der Waals surface area (Å²) in [7, 11) is 0. The zero-order chi connectivity index (χ0) is 11.4. The predicted molar refractivity (Wildman–Crippen MR) is 49.4 cm³/mol. The third-order valence-corrected chi connectivity index (χ3v) is 1.79. The topological polar surface area (TPSA) is 104 Å². The van der Waals surface area contributed by atoms with Crippen LogP contribution in [0.4, 0.5) is 5.69 Å². The van der Waals surface area contributed by atoms with Crippen molar-refractivity contribution in [1.82, 2.24) is 0 Å². The summed E-state index contributed by atoms with van der Waals surface area (Å²) in [6.45, 7) is 0. The summed E-state index contributed by atoms with van der Waals surface area (Å²) in [5, 5.41) is 27.6. The Hall–Kier alpha value is -2.42. The van der Waals surface area contributed by atoms with Gasteiger partial charge in [-0.15, -0.1) is 0 Å². The summed E-state index contributed by atoms with van der Waals surface area (Å²) in [5.74, 6) is -1.18. The van der Waals surface area contributed by atoms with Crippen molar-refractivity contribution in [3.63, 3.8) is 0 Å². The molecule has 6 nitrogen and oxygen atoms in total. The van der Waals surface area contributed by atoms with E-state index in [1.807, 2.05) is 0 Å². The molecule has 1 rings (SSSR count). The lowest BCUT2D eigenvalue weighted by atomic mass is 10.1. The minimum Gasteiger partial charge on any atom is -0.478 e. The molecular weight excluding hydrogens is 200 g/mol. The molecule has 0 amide bonds. The Kier molecular flexibility index (Phi) is 2.98. The van der Waals surface area contributed by atoms with Crippen LogP contribution in [-0.4, -0.2) is 16.0 Å². The second-order valence-electron chi connectivity index (χ2n) is 2.74. The molecule has 1 aromatic carbocycles. The summed E-state index contributed by atoms with van der Waals surface area (Å²) in [4.78, 5) is 20.5. The van der Waals surface area contributed by atoms with Gasteiger partial charge in [-0.25, -0.2) is 4.79 Å². The maximum atomic E-state index is 10.6. The second kappa shape index (κ2) is 4.19. The van der Waals surface area contributed by atoms with Gasteiger partial charge in [0, 0.05) is 11.6 Å². The van der Waals surface area contributed by atoms with Crippen molar-refractivity contribution in [3.05, 3.63) is 39.4 Å². The van der Waals surface area contributed by atoms with E-state index in [2.05, 4.69) is 0 Å². The van der Waals surface area contributed by atoms with Crippen LogP contribution in [0.1, 0.15) is 15.9 Å². The summed E-state index contributed by atoms with van der Waals surface area (Å²) < 4.78 is 0. The first-order chi connectivity index (χ1) is 7.06. The molecule has 0 spiro atoms. The molecule has 6 heteroatoms. The maximum absolute atomic E-state index is 10.6. The lowest BCUT2D eigenvalue weighted by Gasteiger charge is -1.99. The molecule has 0 bridgehead atoms. The number of benzene rings is 1. The zero-order valence-electron chi connectivity index (χ0n) is 7.51. The van der Waals surface area contributed by atoms with E-state index < -0.39 is 10.9 Å². The predicted octanol–water partition coefficient (Wildman–Crippen LogP) is 1.36. The van der Waals surface area contributed by atoms with Crippen LogP contribution in [-0.2, 0) is 6.42 Å². The Morgan fingerprint density at radius 3 is 2.73 bits per heavy atom. The number of carboxylic acid groups (broad SMARTS) is 1. The Balaban J connectivity index is 3.27. The number of carboxylic acids is 1. The third-order valence-electron chi connectivity index (χ3n) is 1.79. The average molecular weight is 206 g/mol. The van der Waals surface area contributed by atoms with E-state index in [0.29, 0.717) is 0 Å². The van der Waals surface area contributed by atoms with Gasteiger partial charge in [0.15, 0.2) is 0 Å². The van der Waals surface area contributed by atoms with Crippen molar-refractivity contribution in [2.24, 2.45) is 0 Å². The SMILES string of the molecule is N#CCc1cc(C(=O)O)ccc1[N+](=O)[O-]. The van der Waals surface area contributed by atoms with E-state index in [-0.39, 0.29) is 23.2 Å². The average Bonchev–Trinajstić information content (AvgIpc) is 2.17. The molecule has 0 aliphatic heterocycles. The van der Waals surface area contributed by atoms with Crippen molar-refractivity contribution >= 4 is 11.7 Å². The quantitative estimate of drug-likeness (QED) is 0.593. The number of nitriles is 1. The molecule has 76 valence electrons. The summed E-state index contributed by atoms with van der Waals surface area (Å²) in [6.07, 6.45) is -0.183. The van der Waals surface area contributed by atoms with E-state index in [1.54, 1.807) is 6.07 Å². The number of nitro benzene ring substituents is 1. The number of rotatable bonds is 3. The lowest BCUT2D eigenvalue weighted by Crippen LogP contribution is -2.00. The zero-order valence-corrected chi connectivity index (χ0v) is 7.51. The molecule has 1 N–H and O–H groups in total. The van der Waals surface area contributed by atoms with Crippen LogP contribution in [0.2, 0.25) is 0 Å². The van der Waals surface area contributed by atoms with Gasteiger partial charge in [-0.1, -0.05) is 0 Å². The van der Waals surface area contributed by atoms with E-state index in [9.17, 15) is 14.9 Å². The highest BCUT2D eigenvalue weighted by Crippen LogP contribution is 2.20. The molecule has 0 unspecified atom stereocenters. The highest BCUT2D eigenvalue weighted by Gasteiger charge is 2.15. The van der Waals surface area contributed by atoms with Crippen molar-refractivity contribution in [1.29, 1.82) is 5.26 Å². The van der Waals surface area contributed by atoms with Crippen molar-refractivity contribution in [3.8, 4) is 6.07 Å². The van der Waals surface area contributed by atoms with Crippen molar-refractivity contribution in [2.45, 2.75) is 6.42 Å². The highest BCUT2D eigenvalue weighted by molar-refractivity contribution is 5.88. The summed E-state index contributed by atoms with van der Waals surface area (Å²) in [6, 6.07) is 5.12. The highest BCUT2D eigenvalue weighted by atomic mass is 16.6. The fraction of sp³-hybridized carbons (Fsp3) is 0.111. The van der Waals surface area contributed by atoms with Crippen LogP contribution in [0.3, 0.4) is 0 Å². The number of carbonyl (C=O) groups is 1. The first-order valence-electron chi connectivity index (χ1n) is 3.94. The maximum Gasteiger partial charge on any atom is 0.335 e. The van der Waals surface area contributed by atoms with Crippen LogP contribution in [0.25, 0.3) is 0 Å². The van der Waals surface area contributed by atoms with Gasteiger partial charge < -0.3 is 5.11 Å². The van der Waals surface area contributed by atoms with E-state index >= 15 is 0 Å². The Morgan fingerprint density at radius 1 is 1.60 bits per heavy atom. The number of hydrogen-bond donors (Lipinski definition) is 1. The molecule has 0 saturated heterocycles. The largest absolute Gasteiger partial charge is 0.478 e. The molecule has 0 radical (unpaired) electrons. The first-order valence-corrected chi connectivity index (χ1v) is 3.94. The van der Waals surface area contributed by atoms with Gasteiger partial charge in [-0.05, 0) is 12.1 Å². The standard InChI is InChI=1S/C9H6N2O4/c10-4-3-6-5-7(9(12)13)1-2-8(6)11(14)15/h1-2,5H,3H2,(H,12,13). The summed E-state index contributed by atoms with van der Waals surface area (Å²) >= 11 is 0. The lowest BCUT2D eigenvalue weighted by molar-refractivity contribution is -0.385. The van der Waals surface area contributed by atoms with Crippen LogP contribution in [0.5, 0.6) is 0 Å². The van der Waals surface area contributed by atoms with E-state index in [1.165, 1.54) is 0 Å². The van der Waals surface area contributed by atoms with E-state index in [0.717, 1.165) is 18.2 Å². The molecule has 0 aliphatic carbocycles. The molecule has 0 aromatic heterocycles. The van der Waals surface area contributed by atoms with Gasteiger partial charge in [-0.2, -0.15) is 5.26 Å². The number of hydrogen-bond acceptors (Lipinski definition) is 4. The van der Waals surface area contributed by atoms with Crippen LogP contribution in [0.15, 0.2) is 18.2 Å². The van der Waals surface area contributed by atoms with Gasteiger partial charge >= 0.3 is 5.97 Å². The Morgan fingerprint density at radius 2 is 2.27 bits per heavy atom. The van der Waals surface area contributed by atoms with Gasteiger partial charge in [0.25, 0.3) is 5.69 Å². The number of nitro groups is 1. The number of aromatic carboxylic acids is 1. The van der Waals surface area contributed by atoms with Gasteiger partial charge in [0.05, 0.1) is 23.0 Å². The first kappa shape index (κ1) is 10.7. The molecule has 0 saturated carbocycles. The second-order valence-corrected chi connectivity index (χ2v) is 2.74. The molecular formula is C9H6N2O4. The van der Waals surface area contributed by atoms with Crippen LogP contribution < -0.4 is 0 Å². The fourth-order valence-electron chi connectivity index (χ4n) is 1.12. The van der Waals surface area contributed by atoms with Crippen LogP contribution in [0, 0.1) is 21.4 Å². The Bertz CT molecular complexity index is 462. The van der Waals surface area contributed by atoms with Crippen LogP contribution >= 0.6 is 0 Å². The normalized spacial score (nSPS) is 9.27. The van der Waals surface area contributed by atoms with Crippen molar-refractivity contribution in [2.75, 3.05) is 0 Å². The minimum absolute atomic E-state index is 0.0640. The monoisotopic (exact) mass is 206 g/mol. The molecule has 0 aliphatic rings. The molecule has 15 heavy (non-hydrogen) atoms. The smallest absolute Gasteiger partial charge is 0.335 e. The molecule has 0 fully saturated rings. The van der Waals surface area contributed by atoms with Crippen molar-refractivity contribution < 1.29 is 14.8 Å². The fourth-order valence-corrected chi connectivity index (χ4v) is 1.12. The van der Waals surface area contributed by atoms with Gasteiger partial charge in [0.1, 0.15) is 0 Å². The Labute approximate surface area is 84.5 Å². The third kappa shape index (κ3) is 2.28. The molecule has 0 heterocycles. The number of nitrogens with zero attached hydrogens (tertiary/aromatic N) is 2. The minimum atomic E-state index is -1.18. The van der Waals surface area contributed by atoms with Gasteiger partial charge in [-0.3, -0.25) is 10.1 Å². The van der Waals surface area contributed by atoms with E-state index in [4.69, 9.17) is 10.4 Å². The summed E-state index contributed by atoms with van der Waals surface area (Å²) in [5.41, 5.74) is -0.185. The van der Waals surface area contributed by atoms with Gasteiger partial charge in [0.2, 0.25) is 0 Å². The molecule has 0 atom stereocenters.